The van der Waals surface area contributed by atoms with Gasteiger partial charge in [-0.2, -0.15) is 0 Å². The second-order valence-corrected chi connectivity index (χ2v) is 5.03. The van der Waals surface area contributed by atoms with Gasteiger partial charge in [-0.05, 0) is 12.1 Å². The number of benzene rings is 1. The number of nitrogens with zero attached hydrogens (tertiary/aromatic N) is 3. The zero-order valence-corrected chi connectivity index (χ0v) is 11.7. The standard InChI is InChI=1S/C15H13F2N3O2/c1-19-13(15(21)22)11-6-10(16)7-18-14(11)20(19)8-9-4-2-3-5-12(9)17/h2-7,13H,8H2,1H3,(H,21,22). The Labute approximate surface area is 125 Å². The van der Waals surface area contributed by atoms with Crippen LogP contribution in [0.1, 0.15) is 17.2 Å². The summed E-state index contributed by atoms with van der Waals surface area (Å²) in [6.45, 7) is 0.110. The molecule has 1 atom stereocenters. The minimum atomic E-state index is -1.12. The number of carbonyl (C=O) groups is 1. The van der Waals surface area contributed by atoms with E-state index in [9.17, 15) is 18.7 Å². The average molecular weight is 305 g/mol. The Hall–Kier alpha value is -2.54. The molecule has 0 amide bonds. The van der Waals surface area contributed by atoms with Crippen LogP contribution in [0.4, 0.5) is 14.6 Å². The molecule has 1 unspecified atom stereocenters. The number of hydrogen-bond donors (Lipinski definition) is 1. The third-order valence-electron chi connectivity index (χ3n) is 3.67. The summed E-state index contributed by atoms with van der Waals surface area (Å²) >= 11 is 0. The number of aromatic nitrogens is 1. The SMILES string of the molecule is CN1C(C(=O)O)c2cc(F)cnc2N1Cc1ccccc1F. The van der Waals surface area contributed by atoms with E-state index in [-0.39, 0.29) is 12.1 Å². The molecule has 0 saturated carbocycles. The van der Waals surface area contributed by atoms with Gasteiger partial charge in [-0.3, -0.25) is 9.80 Å². The van der Waals surface area contributed by atoms with Crippen LogP contribution in [0.25, 0.3) is 0 Å². The number of pyridine rings is 1. The summed E-state index contributed by atoms with van der Waals surface area (Å²) < 4.78 is 27.2. The van der Waals surface area contributed by atoms with Crippen LogP contribution < -0.4 is 5.01 Å². The van der Waals surface area contributed by atoms with Crippen LogP contribution in [0.5, 0.6) is 0 Å². The van der Waals surface area contributed by atoms with E-state index in [2.05, 4.69) is 4.98 Å². The van der Waals surface area contributed by atoms with E-state index >= 15 is 0 Å². The topological polar surface area (TPSA) is 56.7 Å². The van der Waals surface area contributed by atoms with Gasteiger partial charge in [0.15, 0.2) is 6.04 Å². The fraction of sp³-hybridized carbons (Fsp3) is 0.200. The zero-order chi connectivity index (χ0) is 15.9. The highest BCUT2D eigenvalue weighted by atomic mass is 19.1. The van der Waals surface area contributed by atoms with Crippen molar-refractivity contribution in [2.45, 2.75) is 12.6 Å². The number of carboxylic acids is 1. The molecule has 5 nitrogen and oxygen atoms in total. The molecule has 2 heterocycles. The Morgan fingerprint density at radius 2 is 2.09 bits per heavy atom. The summed E-state index contributed by atoms with van der Waals surface area (Å²) in [4.78, 5) is 15.4. The quantitative estimate of drug-likeness (QED) is 0.943. The predicted octanol–water partition coefficient (Wildman–Crippen LogP) is 2.35. The molecule has 1 aliphatic rings. The lowest BCUT2D eigenvalue weighted by molar-refractivity contribution is -0.142. The van der Waals surface area contributed by atoms with Gasteiger partial charge in [0.05, 0.1) is 12.7 Å². The Balaban J connectivity index is 2.03. The van der Waals surface area contributed by atoms with Gasteiger partial charge in [-0.25, -0.2) is 18.8 Å². The largest absolute Gasteiger partial charge is 0.480 e. The number of halogens is 2. The molecular formula is C15H13F2N3O2. The molecule has 0 bridgehead atoms. The summed E-state index contributed by atoms with van der Waals surface area (Å²) in [7, 11) is 1.55. The number of hydrogen-bond acceptors (Lipinski definition) is 4. The summed E-state index contributed by atoms with van der Waals surface area (Å²) in [6, 6.07) is 6.32. The molecule has 7 heteroatoms. The maximum Gasteiger partial charge on any atom is 0.327 e. The Bertz CT molecular complexity index is 738. The molecule has 0 saturated heterocycles. The maximum atomic E-state index is 13.8. The first-order chi connectivity index (χ1) is 10.5. The highest BCUT2D eigenvalue weighted by Crippen LogP contribution is 2.38. The smallest absolute Gasteiger partial charge is 0.327 e. The third-order valence-corrected chi connectivity index (χ3v) is 3.67. The van der Waals surface area contributed by atoms with Crippen molar-refractivity contribution in [2.24, 2.45) is 0 Å². The summed E-state index contributed by atoms with van der Waals surface area (Å²) in [5.41, 5.74) is 0.656. The van der Waals surface area contributed by atoms with Crippen molar-refractivity contribution in [1.82, 2.24) is 9.99 Å². The van der Waals surface area contributed by atoms with E-state index in [1.165, 1.54) is 16.1 Å². The minimum Gasteiger partial charge on any atom is -0.480 e. The molecule has 22 heavy (non-hydrogen) atoms. The Morgan fingerprint density at radius 1 is 1.36 bits per heavy atom. The van der Waals surface area contributed by atoms with Crippen molar-refractivity contribution in [1.29, 1.82) is 0 Å². The van der Waals surface area contributed by atoms with Crippen molar-refractivity contribution in [2.75, 3.05) is 12.1 Å². The van der Waals surface area contributed by atoms with Gasteiger partial charge in [0.2, 0.25) is 0 Å². The Kier molecular flexibility index (Phi) is 3.50. The number of carboxylic acid groups (broad SMARTS) is 1. The van der Waals surface area contributed by atoms with Crippen molar-refractivity contribution >= 4 is 11.8 Å². The average Bonchev–Trinajstić information content (AvgIpc) is 2.73. The molecule has 2 aromatic rings. The molecular weight excluding hydrogens is 292 g/mol. The fourth-order valence-electron chi connectivity index (χ4n) is 2.62. The van der Waals surface area contributed by atoms with Crippen molar-refractivity contribution < 1.29 is 18.7 Å². The first-order valence-corrected chi connectivity index (χ1v) is 6.61. The van der Waals surface area contributed by atoms with E-state index in [4.69, 9.17) is 0 Å². The van der Waals surface area contributed by atoms with Gasteiger partial charge in [0.25, 0.3) is 0 Å². The molecule has 0 fully saturated rings. The maximum absolute atomic E-state index is 13.8. The molecule has 0 aliphatic carbocycles. The number of anilines is 1. The molecule has 0 spiro atoms. The molecule has 1 N–H and O–H groups in total. The van der Waals surface area contributed by atoms with Crippen molar-refractivity contribution in [3.05, 3.63) is 59.3 Å². The van der Waals surface area contributed by atoms with E-state index in [1.807, 2.05) is 0 Å². The number of likely N-dealkylation sites (N-methyl/N-ethyl adjacent to an activating group) is 1. The van der Waals surface area contributed by atoms with Crippen LogP contribution in [0.15, 0.2) is 36.5 Å². The monoisotopic (exact) mass is 305 g/mol. The predicted molar refractivity (Wildman–Crippen MR) is 74.9 cm³/mol. The Morgan fingerprint density at radius 3 is 2.77 bits per heavy atom. The first kappa shape index (κ1) is 14.4. The lowest BCUT2D eigenvalue weighted by Gasteiger charge is -2.28. The van der Waals surface area contributed by atoms with E-state index < -0.39 is 23.6 Å². The molecule has 114 valence electrons. The number of hydrazine groups is 1. The van der Waals surface area contributed by atoms with Crippen molar-refractivity contribution in [3.8, 4) is 0 Å². The van der Waals surface area contributed by atoms with Crippen LogP contribution in [-0.2, 0) is 11.3 Å². The van der Waals surface area contributed by atoms with E-state index in [0.29, 0.717) is 11.4 Å². The van der Waals surface area contributed by atoms with Crippen LogP contribution in [0, 0.1) is 11.6 Å². The lowest BCUT2D eigenvalue weighted by Crippen LogP contribution is -2.39. The van der Waals surface area contributed by atoms with Gasteiger partial charge in [-0.1, -0.05) is 18.2 Å². The molecule has 1 aromatic carbocycles. The lowest BCUT2D eigenvalue weighted by atomic mass is 10.1. The van der Waals surface area contributed by atoms with Gasteiger partial charge in [-0.15, -0.1) is 0 Å². The first-order valence-electron chi connectivity index (χ1n) is 6.61. The minimum absolute atomic E-state index is 0.110. The number of aliphatic carboxylic acids is 1. The second kappa shape index (κ2) is 5.34. The van der Waals surface area contributed by atoms with Gasteiger partial charge in [0.1, 0.15) is 17.5 Å². The van der Waals surface area contributed by atoms with E-state index in [0.717, 1.165) is 12.3 Å². The molecule has 1 aliphatic heterocycles. The molecule has 0 radical (unpaired) electrons. The summed E-state index contributed by atoms with van der Waals surface area (Å²) in [5, 5.41) is 12.3. The molecule has 3 rings (SSSR count). The van der Waals surface area contributed by atoms with Gasteiger partial charge in [0, 0.05) is 18.2 Å². The summed E-state index contributed by atoms with van der Waals surface area (Å²) in [5.74, 6) is -1.80. The fourth-order valence-corrected chi connectivity index (χ4v) is 2.62. The zero-order valence-electron chi connectivity index (χ0n) is 11.7. The highest BCUT2D eigenvalue weighted by molar-refractivity contribution is 5.80. The summed E-state index contributed by atoms with van der Waals surface area (Å²) in [6.07, 6.45) is 1.02. The van der Waals surface area contributed by atoms with Crippen molar-refractivity contribution in [3.63, 3.8) is 0 Å². The van der Waals surface area contributed by atoms with Gasteiger partial charge >= 0.3 is 5.97 Å². The highest BCUT2D eigenvalue weighted by Gasteiger charge is 2.40. The second-order valence-electron chi connectivity index (χ2n) is 5.03. The van der Waals surface area contributed by atoms with Gasteiger partial charge < -0.3 is 5.11 Å². The number of fused-ring (bicyclic) bond motifs is 1. The number of rotatable bonds is 3. The van der Waals surface area contributed by atoms with Crippen LogP contribution >= 0.6 is 0 Å². The van der Waals surface area contributed by atoms with Crippen LogP contribution in [0.2, 0.25) is 0 Å². The molecule has 1 aromatic heterocycles. The van der Waals surface area contributed by atoms with Crippen LogP contribution in [-0.4, -0.2) is 28.1 Å². The van der Waals surface area contributed by atoms with Crippen LogP contribution in [0.3, 0.4) is 0 Å². The third kappa shape index (κ3) is 2.29. The normalized spacial score (nSPS) is 17.6. The van der Waals surface area contributed by atoms with E-state index in [1.54, 1.807) is 25.2 Å².